The summed E-state index contributed by atoms with van der Waals surface area (Å²) in [5.41, 5.74) is 0. The third-order valence-corrected chi connectivity index (χ3v) is 4.39. The van der Waals surface area contributed by atoms with E-state index in [1.165, 1.54) is 25.7 Å². The Hall–Kier alpha value is -0.610. The summed E-state index contributed by atoms with van der Waals surface area (Å²) < 4.78 is 0. The van der Waals surface area contributed by atoms with Gasteiger partial charge in [0.05, 0.1) is 12.1 Å². The summed E-state index contributed by atoms with van der Waals surface area (Å²) in [5.74, 6) is 2.56. The minimum absolute atomic E-state index is 0.0767. The van der Waals surface area contributed by atoms with Crippen LogP contribution >= 0.6 is 0 Å². The molecule has 0 bridgehead atoms. The van der Waals surface area contributed by atoms with Crippen LogP contribution in [0.25, 0.3) is 0 Å². The van der Waals surface area contributed by atoms with Crippen LogP contribution in [0.4, 0.5) is 0 Å². The number of amides is 1. The Morgan fingerprint density at radius 2 is 1.94 bits per heavy atom. The van der Waals surface area contributed by atoms with Crippen LogP contribution in [0.1, 0.15) is 32.1 Å². The van der Waals surface area contributed by atoms with Crippen LogP contribution in [-0.4, -0.2) is 36.2 Å². The first kappa shape index (κ1) is 11.5. The first-order valence-corrected chi connectivity index (χ1v) is 6.93. The molecule has 0 aromatic heterocycles. The zero-order chi connectivity index (χ0) is 11.8. The molecule has 2 saturated carbocycles. The number of carbonyl (C=O) groups is 1. The predicted octanol–water partition coefficient (Wildman–Crippen LogP) is 0.262. The second-order valence-electron chi connectivity index (χ2n) is 5.93. The van der Waals surface area contributed by atoms with Crippen LogP contribution in [0.3, 0.4) is 0 Å². The van der Waals surface area contributed by atoms with Crippen molar-refractivity contribution in [2.75, 3.05) is 13.1 Å². The molecule has 17 heavy (non-hydrogen) atoms. The second-order valence-corrected chi connectivity index (χ2v) is 5.93. The van der Waals surface area contributed by atoms with Gasteiger partial charge in [-0.05, 0) is 49.9 Å². The Kier molecular flexibility index (Phi) is 3.09. The summed E-state index contributed by atoms with van der Waals surface area (Å²) >= 11 is 0. The van der Waals surface area contributed by atoms with E-state index in [0.29, 0.717) is 13.0 Å². The Morgan fingerprint density at radius 1 is 1.29 bits per heavy atom. The molecule has 1 aliphatic heterocycles. The monoisotopic (exact) mass is 238 g/mol. The molecule has 3 aliphatic rings. The average molecular weight is 238 g/mol. The number of carbonyl (C=O) groups excluding carboxylic acids is 1. The van der Waals surface area contributed by atoms with E-state index < -0.39 is 0 Å². The average Bonchev–Trinajstić information content (AvgIpc) is 3.20. The van der Waals surface area contributed by atoms with E-state index in [0.717, 1.165) is 24.3 Å². The van der Waals surface area contributed by atoms with Crippen LogP contribution in [0.15, 0.2) is 0 Å². The van der Waals surface area contributed by atoms with Gasteiger partial charge in [-0.2, -0.15) is 0 Å². The zero-order valence-electron chi connectivity index (χ0n) is 10.2. The fraction of sp³-hybridized carbons (Fsp3) is 0.923. The predicted molar refractivity (Wildman–Crippen MR) is 64.4 cm³/mol. The van der Waals surface area contributed by atoms with Crippen molar-refractivity contribution in [3.8, 4) is 0 Å². The van der Waals surface area contributed by atoms with Crippen molar-refractivity contribution in [1.29, 1.82) is 0 Å². The summed E-state index contributed by atoms with van der Waals surface area (Å²) in [6.07, 6.45) is 5.64. The molecule has 96 valence electrons. The van der Waals surface area contributed by atoms with E-state index in [1.54, 1.807) is 0 Å². The standard InChI is InChI=1S/C13H22N2O2/c16-10-5-12(14-6-10)13(17)15-7-11(8-1-2-8)9-3-4-9/h8-12,14,16H,1-7H2,(H,15,17). The van der Waals surface area contributed by atoms with Crippen LogP contribution in [-0.2, 0) is 4.79 Å². The van der Waals surface area contributed by atoms with Crippen molar-refractivity contribution in [2.45, 2.75) is 44.2 Å². The molecule has 1 amide bonds. The highest BCUT2D eigenvalue weighted by Crippen LogP contribution is 2.48. The highest BCUT2D eigenvalue weighted by atomic mass is 16.3. The lowest BCUT2D eigenvalue weighted by atomic mass is 9.98. The van der Waals surface area contributed by atoms with Crippen LogP contribution in [0, 0.1) is 17.8 Å². The third-order valence-electron chi connectivity index (χ3n) is 4.39. The first-order valence-electron chi connectivity index (χ1n) is 6.93. The van der Waals surface area contributed by atoms with Crippen molar-refractivity contribution < 1.29 is 9.90 Å². The summed E-state index contributed by atoms with van der Waals surface area (Å²) in [6.45, 7) is 1.40. The van der Waals surface area contributed by atoms with Crippen LogP contribution in [0.5, 0.6) is 0 Å². The van der Waals surface area contributed by atoms with Gasteiger partial charge in [0.1, 0.15) is 0 Å². The largest absolute Gasteiger partial charge is 0.392 e. The van der Waals surface area contributed by atoms with E-state index in [-0.39, 0.29) is 18.1 Å². The summed E-state index contributed by atoms with van der Waals surface area (Å²) in [7, 11) is 0. The van der Waals surface area contributed by atoms with Gasteiger partial charge in [0, 0.05) is 13.1 Å². The molecule has 3 fully saturated rings. The molecule has 0 radical (unpaired) electrons. The fourth-order valence-corrected chi connectivity index (χ4v) is 3.03. The molecule has 2 unspecified atom stereocenters. The lowest BCUT2D eigenvalue weighted by Gasteiger charge is -2.18. The Bertz CT molecular complexity index is 288. The first-order chi connectivity index (χ1) is 8.24. The van der Waals surface area contributed by atoms with Gasteiger partial charge in [0.2, 0.25) is 5.91 Å². The third kappa shape index (κ3) is 2.80. The molecule has 4 heteroatoms. The molecule has 1 saturated heterocycles. The number of hydrogen-bond donors (Lipinski definition) is 3. The smallest absolute Gasteiger partial charge is 0.237 e. The normalized spacial score (nSPS) is 33.1. The van der Waals surface area contributed by atoms with Gasteiger partial charge in [-0.25, -0.2) is 0 Å². The second kappa shape index (κ2) is 4.58. The quantitative estimate of drug-likeness (QED) is 0.644. The maximum Gasteiger partial charge on any atom is 0.237 e. The van der Waals surface area contributed by atoms with Crippen molar-refractivity contribution in [1.82, 2.24) is 10.6 Å². The van der Waals surface area contributed by atoms with Gasteiger partial charge in [0.25, 0.3) is 0 Å². The molecule has 2 aliphatic carbocycles. The summed E-state index contributed by atoms with van der Waals surface area (Å²) in [6, 6.07) is -0.177. The van der Waals surface area contributed by atoms with E-state index in [9.17, 15) is 9.90 Å². The molecule has 0 spiro atoms. The van der Waals surface area contributed by atoms with Gasteiger partial charge in [-0.3, -0.25) is 4.79 Å². The Labute approximate surface area is 102 Å². The zero-order valence-corrected chi connectivity index (χ0v) is 10.2. The number of β-amino-alcohol motifs (C(OH)–C–C–N with tert-alkyl or cyclic N) is 1. The van der Waals surface area contributed by atoms with Crippen molar-refractivity contribution in [3.05, 3.63) is 0 Å². The lowest BCUT2D eigenvalue weighted by Crippen LogP contribution is -2.42. The highest BCUT2D eigenvalue weighted by Gasteiger charge is 2.41. The van der Waals surface area contributed by atoms with Crippen molar-refractivity contribution in [3.63, 3.8) is 0 Å². The van der Waals surface area contributed by atoms with E-state index in [2.05, 4.69) is 10.6 Å². The number of aliphatic hydroxyl groups is 1. The number of rotatable bonds is 5. The van der Waals surface area contributed by atoms with E-state index in [1.807, 2.05) is 0 Å². The summed E-state index contributed by atoms with van der Waals surface area (Å²) in [5, 5.41) is 15.5. The molecule has 0 aromatic carbocycles. The summed E-state index contributed by atoms with van der Waals surface area (Å²) in [4.78, 5) is 11.9. The molecule has 3 rings (SSSR count). The minimum atomic E-state index is -0.353. The van der Waals surface area contributed by atoms with Gasteiger partial charge in [0.15, 0.2) is 0 Å². The van der Waals surface area contributed by atoms with Crippen molar-refractivity contribution in [2.24, 2.45) is 17.8 Å². The molecule has 3 N–H and O–H groups in total. The number of nitrogens with one attached hydrogen (secondary N) is 2. The fourth-order valence-electron chi connectivity index (χ4n) is 3.03. The topological polar surface area (TPSA) is 61.4 Å². The highest BCUT2D eigenvalue weighted by molar-refractivity contribution is 5.82. The van der Waals surface area contributed by atoms with Gasteiger partial charge < -0.3 is 15.7 Å². The minimum Gasteiger partial charge on any atom is -0.392 e. The molecule has 4 nitrogen and oxygen atoms in total. The maximum absolute atomic E-state index is 11.9. The number of hydrogen-bond acceptors (Lipinski definition) is 3. The van der Waals surface area contributed by atoms with Gasteiger partial charge in [-0.1, -0.05) is 0 Å². The molecular formula is C13H22N2O2. The molecule has 0 aromatic rings. The van der Waals surface area contributed by atoms with Crippen LogP contribution < -0.4 is 10.6 Å². The van der Waals surface area contributed by atoms with Gasteiger partial charge >= 0.3 is 0 Å². The Balaban J connectivity index is 1.44. The molecule has 2 atom stereocenters. The number of aliphatic hydroxyl groups excluding tert-OH is 1. The Morgan fingerprint density at radius 3 is 2.41 bits per heavy atom. The van der Waals surface area contributed by atoms with E-state index in [4.69, 9.17) is 0 Å². The SMILES string of the molecule is O=C(NCC(C1CC1)C1CC1)C1CC(O)CN1. The van der Waals surface area contributed by atoms with E-state index >= 15 is 0 Å². The lowest BCUT2D eigenvalue weighted by molar-refractivity contribution is -0.123. The van der Waals surface area contributed by atoms with Crippen molar-refractivity contribution >= 4 is 5.91 Å². The maximum atomic E-state index is 11.9. The molecule has 1 heterocycles. The van der Waals surface area contributed by atoms with Gasteiger partial charge in [-0.15, -0.1) is 0 Å². The van der Waals surface area contributed by atoms with Crippen LogP contribution in [0.2, 0.25) is 0 Å². The molecular weight excluding hydrogens is 216 g/mol.